The molecule has 0 bridgehead atoms. The molecule has 4 rings (SSSR count). The highest BCUT2D eigenvalue weighted by Gasteiger charge is 2.27. The van der Waals surface area contributed by atoms with Crippen molar-refractivity contribution in [1.82, 2.24) is 24.8 Å². The Balaban J connectivity index is 1.42. The molecule has 22 heavy (non-hydrogen) atoms. The van der Waals surface area contributed by atoms with Gasteiger partial charge in [-0.1, -0.05) is 5.16 Å². The molecule has 4 heterocycles. The Morgan fingerprint density at radius 1 is 1.36 bits per heavy atom. The van der Waals surface area contributed by atoms with Gasteiger partial charge < -0.3 is 13.5 Å². The Labute approximate surface area is 127 Å². The van der Waals surface area contributed by atoms with Gasteiger partial charge in [-0.05, 0) is 25.1 Å². The van der Waals surface area contributed by atoms with E-state index in [1.807, 2.05) is 29.8 Å². The molecule has 0 N–H and O–H groups in total. The van der Waals surface area contributed by atoms with Gasteiger partial charge in [0.25, 0.3) is 0 Å². The van der Waals surface area contributed by atoms with Crippen LogP contribution in [0.5, 0.6) is 0 Å². The summed E-state index contributed by atoms with van der Waals surface area (Å²) in [4.78, 5) is 2.36. The molecule has 1 saturated heterocycles. The number of aromatic nitrogens is 4. The fourth-order valence-electron chi connectivity index (χ4n) is 3.00. The van der Waals surface area contributed by atoms with Gasteiger partial charge in [-0.15, -0.1) is 10.2 Å². The normalized spacial score (nSPS) is 19.0. The van der Waals surface area contributed by atoms with Gasteiger partial charge in [-0.2, -0.15) is 0 Å². The van der Waals surface area contributed by atoms with Gasteiger partial charge in [0.2, 0.25) is 5.76 Å². The van der Waals surface area contributed by atoms with Crippen molar-refractivity contribution >= 4 is 0 Å². The van der Waals surface area contributed by atoms with Crippen molar-refractivity contribution in [1.29, 1.82) is 0 Å². The average Bonchev–Trinajstić information content (AvgIpc) is 3.25. The van der Waals surface area contributed by atoms with E-state index in [-0.39, 0.29) is 0 Å². The van der Waals surface area contributed by atoms with Gasteiger partial charge in [-0.25, -0.2) is 0 Å². The topological polar surface area (TPSA) is 73.1 Å². The monoisotopic (exact) mass is 299 g/mol. The van der Waals surface area contributed by atoms with Gasteiger partial charge in [0, 0.05) is 32.1 Å². The zero-order valence-electron chi connectivity index (χ0n) is 12.3. The number of hydrogen-bond donors (Lipinski definition) is 0. The maximum Gasteiger partial charge on any atom is 0.202 e. The zero-order valence-corrected chi connectivity index (χ0v) is 12.3. The van der Waals surface area contributed by atoms with Crippen molar-refractivity contribution in [3.8, 4) is 11.5 Å². The molecule has 3 aromatic rings. The highest BCUT2D eigenvalue weighted by atomic mass is 16.5. The molecule has 1 aliphatic heterocycles. The predicted molar refractivity (Wildman–Crippen MR) is 77.8 cm³/mol. The van der Waals surface area contributed by atoms with Crippen LogP contribution in [0.2, 0.25) is 0 Å². The number of hydrogen-bond acceptors (Lipinski definition) is 6. The van der Waals surface area contributed by atoms with E-state index in [0.29, 0.717) is 17.4 Å². The van der Waals surface area contributed by atoms with E-state index in [1.165, 1.54) is 0 Å². The van der Waals surface area contributed by atoms with Gasteiger partial charge in [-0.3, -0.25) is 4.90 Å². The lowest BCUT2D eigenvalue weighted by molar-refractivity contribution is 0.309. The van der Waals surface area contributed by atoms with E-state index in [4.69, 9.17) is 8.94 Å². The van der Waals surface area contributed by atoms with Crippen LogP contribution in [0.25, 0.3) is 11.5 Å². The molecule has 1 aliphatic rings. The Morgan fingerprint density at radius 3 is 3.09 bits per heavy atom. The molecule has 0 amide bonds. The summed E-state index contributed by atoms with van der Waals surface area (Å²) in [5.41, 5.74) is 0.921. The second-order valence-corrected chi connectivity index (χ2v) is 5.68. The lowest BCUT2D eigenvalue weighted by Crippen LogP contribution is -2.20. The van der Waals surface area contributed by atoms with E-state index >= 15 is 0 Å². The molecule has 1 unspecified atom stereocenters. The van der Waals surface area contributed by atoms with Crippen LogP contribution >= 0.6 is 0 Å². The Kier molecular flexibility index (Phi) is 3.27. The van der Waals surface area contributed by atoms with Crippen LogP contribution in [0.1, 0.15) is 23.9 Å². The smallest absolute Gasteiger partial charge is 0.202 e. The third kappa shape index (κ3) is 2.43. The molecule has 0 saturated carbocycles. The first-order chi connectivity index (χ1) is 10.8. The summed E-state index contributed by atoms with van der Waals surface area (Å²) in [7, 11) is 1.99. The number of rotatable bonds is 4. The van der Waals surface area contributed by atoms with E-state index in [1.54, 1.807) is 12.6 Å². The van der Waals surface area contributed by atoms with Crippen molar-refractivity contribution in [2.75, 3.05) is 13.1 Å². The van der Waals surface area contributed by atoms with Gasteiger partial charge in [0.1, 0.15) is 12.2 Å². The Bertz CT molecular complexity index is 746. The van der Waals surface area contributed by atoms with Crippen LogP contribution < -0.4 is 0 Å². The molecule has 7 heteroatoms. The second-order valence-electron chi connectivity index (χ2n) is 5.68. The molecular weight excluding hydrogens is 282 g/mol. The van der Waals surface area contributed by atoms with Gasteiger partial charge in [0.05, 0.1) is 12.0 Å². The SMILES string of the molecule is Cn1cnnc1C1CCN(Cc2cc(-c3ccco3)on2)C1. The molecule has 0 radical (unpaired) electrons. The third-order valence-electron chi connectivity index (χ3n) is 4.09. The van der Waals surface area contributed by atoms with Crippen molar-refractivity contribution in [2.45, 2.75) is 18.9 Å². The maximum absolute atomic E-state index is 5.34. The number of nitrogens with zero attached hydrogens (tertiary/aromatic N) is 5. The Hall–Kier alpha value is -2.41. The van der Waals surface area contributed by atoms with Crippen LogP contribution in [0.3, 0.4) is 0 Å². The van der Waals surface area contributed by atoms with Crippen molar-refractivity contribution in [2.24, 2.45) is 7.05 Å². The number of furan rings is 1. The summed E-state index contributed by atoms with van der Waals surface area (Å²) in [5, 5.41) is 12.3. The average molecular weight is 299 g/mol. The van der Waals surface area contributed by atoms with Gasteiger partial charge >= 0.3 is 0 Å². The first-order valence-electron chi connectivity index (χ1n) is 7.35. The lowest BCUT2D eigenvalue weighted by Gasteiger charge is -2.13. The molecule has 114 valence electrons. The minimum Gasteiger partial charge on any atom is -0.461 e. The van der Waals surface area contributed by atoms with Gasteiger partial charge in [0.15, 0.2) is 5.76 Å². The summed E-state index contributed by atoms with van der Waals surface area (Å²) in [6, 6.07) is 5.64. The molecule has 1 atom stereocenters. The molecule has 1 fully saturated rings. The van der Waals surface area contributed by atoms with Crippen LogP contribution in [0.4, 0.5) is 0 Å². The molecular formula is C15H17N5O2. The van der Waals surface area contributed by atoms with Crippen molar-refractivity contribution in [3.63, 3.8) is 0 Å². The predicted octanol–water partition coefficient (Wildman–Crippen LogP) is 2.05. The van der Waals surface area contributed by atoms with E-state index in [9.17, 15) is 0 Å². The third-order valence-corrected chi connectivity index (χ3v) is 4.09. The second kappa shape index (κ2) is 5.42. The summed E-state index contributed by atoms with van der Waals surface area (Å²) in [5.74, 6) is 2.86. The molecule has 3 aromatic heterocycles. The Morgan fingerprint density at radius 2 is 2.32 bits per heavy atom. The van der Waals surface area contributed by atoms with Crippen molar-refractivity contribution in [3.05, 3.63) is 42.3 Å². The molecule has 7 nitrogen and oxygen atoms in total. The summed E-state index contributed by atoms with van der Waals surface area (Å²) >= 11 is 0. The van der Waals surface area contributed by atoms with Crippen LogP contribution in [0.15, 0.2) is 39.7 Å². The molecule has 0 aromatic carbocycles. The molecule has 0 spiro atoms. The fourth-order valence-corrected chi connectivity index (χ4v) is 3.00. The highest BCUT2D eigenvalue weighted by molar-refractivity contribution is 5.49. The highest BCUT2D eigenvalue weighted by Crippen LogP contribution is 2.27. The minimum absolute atomic E-state index is 0.434. The summed E-state index contributed by atoms with van der Waals surface area (Å²) < 4.78 is 12.7. The number of likely N-dealkylation sites (tertiary alicyclic amines) is 1. The zero-order chi connectivity index (χ0) is 14.9. The van der Waals surface area contributed by atoms with Crippen LogP contribution in [0, 0.1) is 0 Å². The summed E-state index contributed by atoms with van der Waals surface area (Å²) in [6.07, 6.45) is 4.48. The quantitative estimate of drug-likeness (QED) is 0.734. The lowest BCUT2D eigenvalue weighted by atomic mass is 10.1. The summed E-state index contributed by atoms with van der Waals surface area (Å²) in [6.45, 7) is 2.77. The van der Waals surface area contributed by atoms with Crippen molar-refractivity contribution < 1.29 is 8.94 Å². The maximum atomic E-state index is 5.34. The van der Waals surface area contributed by atoms with E-state index < -0.39 is 0 Å². The minimum atomic E-state index is 0.434. The van der Waals surface area contributed by atoms with Crippen LogP contribution in [-0.2, 0) is 13.6 Å². The fraction of sp³-hybridized carbons (Fsp3) is 0.400. The number of aryl methyl sites for hydroxylation is 1. The first-order valence-corrected chi connectivity index (χ1v) is 7.35. The van der Waals surface area contributed by atoms with E-state index in [2.05, 4.69) is 20.3 Å². The first kappa shape index (κ1) is 13.3. The standard InChI is InChI=1S/C15H17N5O2/c1-19-10-16-17-15(19)11-4-5-20(8-11)9-12-7-14(22-18-12)13-3-2-6-21-13/h2-3,6-7,10-11H,4-5,8-9H2,1H3. The van der Waals surface area contributed by atoms with E-state index in [0.717, 1.165) is 37.6 Å². The molecule has 0 aliphatic carbocycles. The van der Waals surface area contributed by atoms with Crippen LogP contribution in [-0.4, -0.2) is 37.9 Å². The largest absolute Gasteiger partial charge is 0.461 e.